The number of aromatic nitrogens is 1. The van der Waals surface area contributed by atoms with Crippen molar-refractivity contribution in [3.05, 3.63) is 41.0 Å². The van der Waals surface area contributed by atoms with Crippen LogP contribution >= 0.6 is 11.3 Å². The number of hydrogen-bond acceptors (Lipinski definition) is 5. The van der Waals surface area contributed by atoms with Crippen LogP contribution in [0, 0.1) is 6.92 Å². The van der Waals surface area contributed by atoms with E-state index in [0.717, 1.165) is 25.1 Å². The second-order valence-electron chi connectivity index (χ2n) is 6.06. The van der Waals surface area contributed by atoms with Crippen LogP contribution in [0.15, 0.2) is 29.8 Å². The van der Waals surface area contributed by atoms with Crippen LogP contribution in [0.3, 0.4) is 0 Å². The molecule has 0 bridgehead atoms. The zero-order valence-electron chi connectivity index (χ0n) is 14.0. The van der Waals surface area contributed by atoms with Crippen LogP contribution in [0.1, 0.15) is 17.7 Å². The molecule has 0 spiro atoms. The fourth-order valence-corrected chi connectivity index (χ4v) is 3.75. The first-order valence-electron chi connectivity index (χ1n) is 8.20. The highest BCUT2D eigenvalue weighted by atomic mass is 32.1. The zero-order chi connectivity index (χ0) is 16.9. The molecule has 5 nitrogen and oxygen atoms in total. The van der Waals surface area contributed by atoms with Gasteiger partial charge in [0.1, 0.15) is 0 Å². The number of carbonyl (C=O) groups excluding carboxylic acids is 1. The first kappa shape index (κ1) is 17.1. The largest absolute Gasteiger partial charge is 0.380 e. The Morgan fingerprint density at radius 1 is 1.42 bits per heavy atom. The third-order valence-corrected chi connectivity index (χ3v) is 5.39. The van der Waals surface area contributed by atoms with Crippen LogP contribution in [0.5, 0.6) is 0 Å². The van der Waals surface area contributed by atoms with Gasteiger partial charge in [-0.05, 0) is 30.9 Å². The third kappa shape index (κ3) is 4.01. The average Bonchev–Trinajstić information content (AvgIpc) is 3.24. The number of hydrogen-bond donors (Lipinski definition) is 2. The van der Waals surface area contributed by atoms with Crippen molar-refractivity contribution >= 4 is 17.2 Å². The van der Waals surface area contributed by atoms with Crippen molar-refractivity contribution in [2.45, 2.75) is 31.9 Å². The van der Waals surface area contributed by atoms with E-state index in [-0.39, 0.29) is 18.1 Å². The van der Waals surface area contributed by atoms with Gasteiger partial charge in [0.2, 0.25) is 5.91 Å². The monoisotopic (exact) mass is 345 g/mol. The normalized spacial score (nSPS) is 20.2. The number of aryl methyl sites for hydroxylation is 1. The Morgan fingerprint density at radius 2 is 2.21 bits per heavy atom. The molecule has 2 N–H and O–H groups in total. The van der Waals surface area contributed by atoms with Crippen LogP contribution in [0.2, 0.25) is 0 Å². The van der Waals surface area contributed by atoms with E-state index in [9.17, 15) is 4.79 Å². The van der Waals surface area contributed by atoms with Gasteiger partial charge in [0.05, 0.1) is 28.2 Å². The Bertz CT molecular complexity index is 684. The molecule has 1 aromatic carbocycles. The van der Waals surface area contributed by atoms with Crippen LogP contribution in [-0.2, 0) is 16.0 Å². The van der Waals surface area contributed by atoms with E-state index in [0.29, 0.717) is 6.54 Å². The highest BCUT2D eigenvalue weighted by Gasteiger charge is 2.28. The number of nitrogens with one attached hydrogen (secondary N) is 2. The minimum atomic E-state index is -0.133. The van der Waals surface area contributed by atoms with Gasteiger partial charge in [-0.2, -0.15) is 0 Å². The lowest BCUT2D eigenvalue weighted by Gasteiger charge is -2.11. The zero-order valence-corrected chi connectivity index (χ0v) is 14.9. The molecule has 1 aromatic heterocycles. The number of rotatable bonds is 6. The smallest absolute Gasteiger partial charge is 0.237 e. The summed E-state index contributed by atoms with van der Waals surface area (Å²) < 4.78 is 5.27. The maximum Gasteiger partial charge on any atom is 0.237 e. The molecule has 0 radical (unpaired) electrons. The Kier molecular flexibility index (Phi) is 5.60. The second-order valence-corrected chi connectivity index (χ2v) is 6.91. The fraction of sp³-hybridized carbons (Fsp3) is 0.444. The van der Waals surface area contributed by atoms with Gasteiger partial charge in [-0.15, -0.1) is 11.3 Å². The first-order chi connectivity index (χ1) is 11.7. The molecule has 6 heteroatoms. The molecule has 0 aliphatic carbocycles. The van der Waals surface area contributed by atoms with Crippen LogP contribution in [-0.4, -0.2) is 43.2 Å². The SMILES string of the molecule is CO[C@H]1CN[C@H](C(=O)NCCc2ccc(-c3scnc3C)cc2)C1. The fourth-order valence-electron chi connectivity index (χ4n) is 2.94. The quantitative estimate of drug-likeness (QED) is 0.842. The van der Waals surface area contributed by atoms with Gasteiger partial charge in [0.25, 0.3) is 0 Å². The van der Waals surface area contributed by atoms with E-state index in [1.807, 2.05) is 12.4 Å². The highest BCUT2D eigenvalue weighted by molar-refractivity contribution is 7.13. The summed E-state index contributed by atoms with van der Waals surface area (Å²) in [5.41, 5.74) is 5.36. The van der Waals surface area contributed by atoms with Gasteiger partial charge in [-0.25, -0.2) is 4.98 Å². The van der Waals surface area contributed by atoms with Gasteiger partial charge in [-0.3, -0.25) is 4.79 Å². The molecule has 2 heterocycles. The molecule has 128 valence electrons. The summed E-state index contributed by atoms with van der Waals surface area (Å²) in [7, 11) is 1.68. The van der Waals surface area contributed by atoms with E-state index >= 15 is 0 Å². The Hall–Kier alpha value is -1.76. The topological polar surface area (TPSA) is 63.2 Å². The number of thiazole rings is 1. The summed E-state index contributed by atoms with van der Waals surface area (Å²) in [5.74, 6) is 0.0615. The van der Waals surface area contributed by atoms with Crippen molar-refractivity contribution < 1.29 is 9.53 Å². The van der Waals surface area contributed by atoms with Crippen molar-refractivity contribution in [1.29, 1.82) is 0 Å². The maximum absolute atomic E-state index is 12.1. The lowest BCUT2D eigenvalue weighted by molar-refractivity contribution is -0.122. The molecular weight excluding hydrogens is 322 g/mol. The van der Waals surface area contributed by atoms with E-state index in [1.165, 1.54) is 16.0 Å². The molecule has 2 aromatic rings. The van der Waals surface area contributed by atoms with Crippen molar-refractivity contribution in [2.24, 2.45) is 0 Å². The summed E-state index contributed by atoms with van der Waals surface area (Å²) in [5, 5.41) is 6.20. The second kappa shape index (κ2) is 7.88. The number of benzene rings is 1. The molecule has 1 aliphatic heterocycles. The van der Waals surface area contributed by atoms with E-state index in [2.05, 4.69) is 39.9 Å². The van der Waals surface area contributed by atoms with Crippen molar-refractivity contribution in [1.82, 2.24) is 15.6 Å². The minimum absolute atomic E-state index is 0.0615. The number of amides is 1. The summed E-state index contributed by atoms with van der Waals surface area (Å²) in [6, 6.07) is 8.36. The highest BCUT2D eigenvalue weighted by Crippen LogP contribution is 2.27. The molecule has 1 aliphatic rings. The van der Waals surface area contributed by atoms with E-state index < -0.39 is 0 Å². The Morgan fingerprint density at radius 3 is 2.83 bits per heavy atom. The number of ether oxygens (including phenoxy) is 1. The van der Waals surface area contributed by atoms with Crippen LogP contribution in [0.4, 0.5) is 0 Å². The van der Waals surface area contributed by atoms with E-state index in [1.54, 1.807) is 18.4 Å². The molecule has 1 saturated heterocycles. The lowest BCUT2D eigenvalue weighted by Crippen LogP contribution is -2.41. The number of carbonyl (C=O) groups is 1. The predicted octanol–water partition coefficient (Wildman–Crippen LogP) is 2.15. The standard InChI is InChI=1S/C18H23N3O2S/c1-12-17(24-11-21-12)14-5-3-13(4-6-14)7-8-19-18(22)16-9-15(23-2)10-20-16/h3-6,11,15-16,20H,7-10H2,1-2H3,(H,19,22)/t15-,16+/m1/s1. The van der Waals surface area contributed by atoms with Crippen molar-refractivity contribution in [2.75, 3.05) is 20.2 Å². The van der Waals surface area contributed by atoms with Gasteiger partial charge < -0.3 is 15.4 Å². The molecule has 2 atom stereocenters. The molecule has 24 heavy (non-hydrogen) atoms. The van der Waals surface area contributed by atoms with Gasteiger partial charge >= 0.3 is 0 Å². The van der Waals surface area contributed by atoms with Gasteiger partial charge in [-0.1, -0.05) is 24.3 Å². The summed E-state index contributed by atoms with van der Waals surface area (Å²) in [6.07, 6.45) is 1.71. The van der Waals surface area contributed by atoms with Gasteiger partial charge in [0.15, 0.2) is 0 Å². The molecular formula is C18H23N3O2S. The van der Waals surface area contributed by atoms with Crippen LogP contribution < -0.4 is 10.6 Å². The summed E-state index contributed by atoms with van der Waals surface area (Å²) in [4.78, 5) is 17.6. The van der Waals surface area contributed by atoms with E-state index in [4.69, 9.17) is 4.74 Å². The molecule has 0 unspecified atom stereocenters. The number of nitrogens with zero attached hydrogens (tertiary/aromatic N) is 1. The minimum Gasteiger partial charge on any atom is -0.380 e. The first-order valence-corrected chi connectivity index (χ1v) is 9.08. The summed E-state index contributed by atoms with van der Waals surface area (Å²) in [6.45, 7) is 3.42. The number of methoxy groups -OCH3 is 1. The predicted molar refractivity (Wildman–Crippen MR) is 96.2 cm³/mol. The van der Waals surface area contributed by atoms with Crippen LogP contribution in [0.25, 0.3) is 10.4 Å². The molecule has 0 saturated carbocycles. The van der Waals surface area contributed by atoms with Crippen molar-refractivity contribution in [3.8, 4) is 10.4 Å². The lowest BCUT2D eigenvalue weighted by atomic mass is 10.1. The van der Waals surface area contributed by atoms with Gasteiger partial charge in [0, 0.05) is 20.2 Å². The average molecular weight is 345 g/mol. The third-order valence-electron chi connectivity index (χ3n) is 4.41. The molecule has 3 rings (SSSR count). The Labute approximate surface area is 146 Å². The van der Waals surface area contributed by atoms with Crippen molar-refractivity contribution in [3.63, 3.8) is 0 Å². The Balaban J connectivity index is 1.47. The molecule has 1 fully saturated rings. The maximum atomic E-state index is 12.1. The molecule has 1 amide bonds. The summed E-state index contributed by atoms with van der Waals surface area (Å²) >= 11 is 1.66.